The van der Waals surface area contributed by atoms with Gasteiger partial charge in [0.05, 0.1) is 15.7 Å². The van der Waals surface area contributed by atoms with Crippen molar-refractivity contribution in [1.82, 2.24) is 10.3 Å². The van der Waals surface area contributed by atoms with E-state index in [1.807, 2.05) is 30.3 Å². The molecule has 0 aliphatic heterocycles. The highest BCUT2D eigenvalue weighted by molar-refractivity contribution is 9.10. The Morgan fingerprint density at radius 1 is 1.10 bits per heavy atom. The molecule has 3 aromatic rings. The van der Waals surface area contributed by atoms with Crippen LogP contribution in [0, 0.1) is 0 Å². The van der Waals surface area contributed by atoms with Gasteiger partial charge in [0.25, 0.3) is 11.8 Å². The molecule has 0 fully saturated rings. The third kappa shape index (κ3) is 6.39. The van der Waals surface area contributed by atoms with Gasteiger partial charge in [0.1, 0.15) is 5.75 Å². The minimum absolute atomic E-state index is 0.175. The number of ether oxygens (including phenoxy) is 1. The van der Waals surface area contributed by atoms with Crippen LogP contribution >= 0.6 is 15.9 Å². The lowest BCUT2D eigenvalue weighted by atomic mass is 10.0. The number of aromatic nitrogens is 1. The van der Waals surface area contributed by atoms with Gasteiger partial charge in [-0.05, 0) is 63.3 Å². The topological polar surface area (TPSA) is 80.3 Å². The molecule has 1 heterocycles. The van der Waals surface area contributed by atoms with E-state index in [4.69, 9.17) is 4.74 Å². The second kappa shape index (κ2) is 10.7. The molecule has 0 aliphatic rings. The van der Waals surface area contributed by atoms with Gasteiger partial charge in [0, 0.05) is 18.9 Å². The first-order valence-electron chi connectivity index (χ1n) is 9.92. The summed E-state index contributed by atoms with van der Waals surface area (Å²) in [5, 5.41) is 5.60. The molecule has 3 rings (SSSR count). The zero-order valence-electron chi connectivity index (χ0n) is 17.4. The number of rotatable bonds is 8. The van der Waals surface area contributed by atoms with Crippen LogP contribution in [0.25, 0.3) is 0 Å². The van der Waals surface area contributed by atoms with Gasteiger partial charge < -0.3 is 15.4 Å². The number of nitrogens with zero attached hydrogens (tertiary/aromatic N) is 1. The summed E-state index contributed by atoms with van der Waals surface area (Å²) in [4.78, 5) is 29.1. The van der Waals surface area contributed by atoms with Crippen molar-refractivity contribution >= 4 is 33.4 Å². The average molecular weight is 482 g/mol. The highest BCUT2D eigenvalue weighted by Gasteiger charge is 2.14. The zero-order valence-corrected chi connectivity index (χ0v) is 19.0. The molecule has 0 bridgehead atoms. The van der Waals surface area contributed by atoms with Crippen molar-refractivity contribution in [2.75, 3.05) is 11.9 Å². The second-order valence-corrected chi connectivity index (χ2v) is 8.13. The van der Waals surface area contributed by atoms with E-state index in [-0.39, 0.29) is 18.4 Å². The first kappa shape index (κ1) is 22.5. The number of nitrogens with one attached hydrogen (secondary N) is 2. The Morgan fingerprint density at radius 2 is 1.90 bits per heavy atom. The van der Waals surface area contributed by atoms with Gasteiger partial charge in [0.15, 0.2) is 6.61 Å². The largest absolute Gasteiger partial charge is 0.483 e. The molecule has 0 atom stereocenters. The standard InChI is InChI=1S/C24H24BrN3O3/c1-16(2)18-9-10-22(20(25)12-18)31-15-23(29)28-21-8-4-3-7-19(21)24(30)27-14-17-6-5-11-26-13-17/h3-13,16H,14-15H2,1-2H3,(H,27,30)(H,28,29). The van der Waals surface area contributed by atoms with Crippen molar-refractivity contribution in [1.29, 1.82) is 0 Å². The normalized spacial score (nSPS) is 10.6. The van der Waals surface area contributed by atoms with Crippen LogP contribution in [0.1, 0.15) is 41.3 Å². The van der Waals surface area contributed by atoms with Crippen molar-refractivity contribution in [3.63, 3.8) is 0 Å². The van der Waals surface area contributed by atoms with Crippen molar-refractivity contribution in [2.24, 2.45) is 0 Å². The molecule has 0 saturated carbocycles. The third-order valence-electron chi connectivity index (χ3n) is 4.60. The van der Waals surface area contributed by atoms with Crippen LogP contribution in [0.5, 0.6) is 5.75 Å². The maximum absolute atomic E-state index is 12.6. The number of para-hydroxylation sites is 1. The highest BCUT2D eigenvalue weighted by Crippen LogP contribution is 2.29. The lowest BCUT2D eigenvalue weighted by Gasteiger charge is -2.13. The molecule has 160 valence electrons. The lowest BCUT2D eigenvalue weighted by Crippen LogP contribution is -2.26. The molecule has 0 saturated heterocycles. The summed E-state index contributed by atoms with van der Waals surface area (Å²) in [6.45, 7) is 4.39. The van der Waals surface area contributed by atoms with Crippen LogP contribution < -0.4 is 15.4 Å². The van der Waals surface area contributed by atoms with Crippen LogP contribution in [0.2, 0.25) is 0 Å². The molecule has 6 nitrogen and oxygen atoms in total. The molecule has 1 aromatic heterocycles. The smallest absolute Gasteiger partial charge is 0.262 e. The lowest BCUT2D eigenvalue weighted by molar-refractivity contribution is -0.118. The number of anilines is 1. The Labute approximate surface area is 190 Å². The van der Waals surface area contributed by atoms with E-state index < -0.39 is 0 Å². The number of benzene rings is 2. The molecule has 0 aliphatic carbocycles. The van der Waals surface area contributed by atoms with Gasteiger partial charge in [-0.25, -0.2) is 0 Å². The number of pyridine rings is 1. The predicted octanol–water partition coefficient (Wildman–Crippen LogP) is 4.92. The van der Waals surface area contributed by atoms with E-state index in [0.717, 1.165) is 10.0 Å². The van der Waals surface area contributed by atoms with Gasteiger partial charge in [-0.2, -0.15) is 0 Å². The molecule has 0 spiro atoms. The van der Waals surface area contributed by atoms with Gasteiger partial charge in [-0.3, -0.25) is 14.6 Å². The van der Waals surface area contributed by atoms with Crippen LogP contribution in [0.3, 0.4) is 0 Å². The quantitative estimate of drug-likeness (QED) is 0.478. The van der Waals surface area contributed by atoms with Crippen molar-refractivity contribution in [3.05, 3.63) is 88.2 Å². The van der Waals surface area contributed by atoms with Crippen molar-refractivity contribution in [3.8, 4) is 5.75 Å². The predicted molar refractivity (Wildman–Crippen MR) is 124 cm³/mol. The maximum Gasteiger partial charge on any atom is 0.262 e. The first-order chi connectivity index (χ1) is 14.9. The van der Waals surface area contributed by atoms with E-state index in [9.17, 15) is 9.59 Å². The zero-order chi connectivity index (χ0) is 22.2. The van der Waals surface area contributed by atoms with Gasteiger partial charge >= 0.3 is 0 Å². The van der Waals surface area contributed by atoms with E-state index in [1.54, 1.807) is 36.7 Å². The SMILES string of the molecule is CC(C)c1ccc(OCC(=O)Nc2ccccc2C(=O)NCc2cccnc2)c(Br)c1. The van der Waals surface area contributed by atoms with Crippen molar-refractivity contribution in [2.45, 2.75) is 26.3 Å². The van der Waals surface area contributed by atoms with Gasteiger partial charge in [-0.15, -0.1) is 0 Å². The Bertz CT molecular complexity index is 1050. The molecule has 0 radical (unpaired) electrons. The van der Waals surface area contributed by atoms with E-state index >= 15 is 0 Å². The fourth-order valence-corrected chi connectivity index (χ4v) is 3.40. The highest BCUT2D eigenvalue weighted by atomic mass is 79.9. The van der Waals surface area contributed by atoms with Crippen LogP contribution in [0.15, 0.2) is 71.5 Å². The number of carbonyl (C=O) groups is 2. The fourth-order valence-electron chi connectivity index (χ4n) is 2.89. The molecular formula is C24H24BrN3O3. The number of amides is 2. The van der Waals surface area contributed by atoms with Gasteiger partial charge in [0.2, 0.25) is 0 Å². The Kier molecular flexibility index (Phi) is 7.78. The van der Waals surface area contributed by atoms with Crippen molar-refractivity contribution < 1.29 is 14.3 Å². The first-order valence-corrected chi connectivity index (χ1v) is 10.7. The summed E-state index contributed by atoms with van der Waals surface area (Å²) < 4.78 is 6.44. The van der Waals surface area contributed by atoms with Crippen LogP contribution in [-0.4, -0.2) is 23.4 Å². The average Bonchev–Trinajstić information content (AvgIpc) is 2.77. The number of halogens is 1. The Hall–Kier alpha value is -3.19. The molecule has 2 N–H and O–H groups in total. The Morgan fingerprint density at radius 3 is 2.61 bits per heavy atom. The van der Waals surface area contributed by atoms with Crippen LogP contribution in [-0.2, 0) is 11.3 Å². The summed E-state index contributed by atoms with van der Waals surface area (Å²) >= 11 is 3.49. The third-order valence-corrected chi connectivity index (χ3v) is 5.22. The molecule has 0 unspecified atom stereocenters. The Balaban J connectivity index is 1.60. The minimum Gasteiger partial charge on any atom is -0.483 e. The monoisotopic (exact) mass is 481 g/mol. The number of hydrogen-bond acceptors (Lipinski definition) is 4. The summed E-state index contributed by atoms with van der Waals surface area (Å²) in [5.74, 6) is 0.344. The fraction of sp³-hybridized carbons (Fsp3) is 0.208. The summed E-state index contributed by atoms with van der Waals surface area (Å²) in [6.07, 6.45) is 3.37. The molecule has 7 heteroatoms. The van der Waals surface area contributed by atoms with Crippen LogP contribution in [0.4, 0.5) is 5.69 Å². The molecule has 2 aromatic carbocycles. The summed E-state index contributed by atoms with van der Waals surface area (Å²) in [5.41, 5.74) is 2.87. The summed E-state index contributed by atoms with van der Waals surface area (Å²) in [7, 11) is 0. The maximum atomic E-state index is 12.6. The number of hydrogen-bond donors (Lipinski definition) is 2. The van der Waals surface area contributed by atoms with E-state index in [2.05, 4.69) is 45.4 Å². The number of carbonyl (C=O) groups excluding carboxylic acids is 2. The van der Waals surface area contributed by atoms with E-state index in [1.165, 1.54) is 5.56 Å². The van der Waals surface area contributed by atoms with E-state index in [0.29, 0.717) is 29.5 Å². The minimum atomic E-state index is -0.354. The second-order valence-electron chi connectivity index (χ2n) is 7.27. The molecule has 31 heavy (non-hydrogen) atoms. The summed E-state index contributed by atoms with van der Waals surface area (Å²) in [6, 6.07) is 16.3. The molecular weight excluding hydrogens is 458 g/mol. The van der Waals surface area contributed by atoms with Gasteiger partial charge in [-0.1, -0.05) is 38.1 Å². The molecule has 2 amide bonds.